The van der Waals surface area contributed by atoms with Crippen LogP contribution in [0.3, 0.4) is 0 Å². The third kappa shape index (κ3) is 2.28. The van der Waals surface area contributed by atoms with Gasteiger partial charge in [0.05, 0.1) is 0 Å². The minimum absolute atomic E-state index is 0.191. The molecule has 4 aliphatic rings. The lowest BCUT2D eigenvalue weighted by molar-refractivity contribution is -0.135. The van der Waals surface area contributed by atoms with Crippen molar-refractivity contribution in [1.29, 1.82) is 0 Å². The molecule has 4 fully saturated rings. The summed E-state index contributed by atoms with van der Waals surface area (Å²) in [6.45, 7) is 2.00. The molecular weight excluding hydrogens is 260 g/mol. The largest absolute Gasteiger partial charge is 0.352 e. The van der Waals surface area contributed by atoms with E-state index in [2.05, 4.69) is 40.5 Å². The molecule has 0 unspecified atom stereocenters. The smallest absolute Gasteiger partial charge is 0.240 e. The normalized spacial score (nSPS) is 32.1. The topological polar surface area (TPSA) is 32.3 Å². The van der Waals surface area contributed by atoms with Crippen LogP contribution in [0.2, 0.25) is 0 Å². The molecule has 2 aliphatic heterocycles. The average molecular weight is 284 g/mol. The number of hydrogen-bond donors (Lipinski definition) is 1. The van der Waals surface area contributed by atoms with Crippen molar-refractivity contribution in [2.24, 2.45) is 5.92 Å². The average Bonchev–Trinajstić information content (AvgIpc) is 3.13. The first kappa shape index (κ1) is 13.3. The maximum absolute atomic E-state index is 12.8. The van der Waals surface area contributed by atoms with Crippen LogP contribution < -0.4 is 5.32 Å². The van der Waals surface area contributed by atoms with E-state index in [-0.39, 0.29) is 5.54 Å². The summed E-state index contributed by atoms with van der Waals surface area (Å²) in [6.07, 6.45) is 7.02. The molecule has 1 aromatic carbocycles. The summed E-state index contributed by atoms with van der Waals surface area (Å²) in [5.74, 6) is 1.04. The van der Waals surface area contributed by atoms with Crippen LogP contribution in [0.15, 0.2) is 30.3 Å². The minimum Gasteiger partial charge on any atom is -0.352 e. The lowest BCUT2D eigenvalue weighted by atomic mass is 9.72. The van der Waals surface area contributed by atoms with Gasteiger partial charge in [0.2, 0.25) is 5.91 Å². The first-order valence-electron chi connectivity index (χ1n) is 8.36. The summed E-state index contributed by atoms with van der Waals surface area (Å²) in [5, 5.41) is 3.33. The summed E-state index contributed by atoms with van der Waals surface area (Å²) in [6, 6.07) is 11.0. The summed E-state index contributed by atoms with van der Waals surface area (Å²) in [7, 11) is 0. The molecule has 1 aromatic rings. The van der Waals surface area contributed by atoms with Crippen molar-refractivity contribution in [3.8, 4) is 0 Å². The molecule has 0 atom stereocenters. The molecule has 0 aromatic heterocycles. The maximum Gasteiger partial charge on any atom is 0.240 e. The summed E-state index contributed by atoms with van der Waals surface area (Å²) in [4.78, 5) is 15.2. The zero-order chi connectivity index (χ0) is 14.3. The van der Waals surface area contributed by atoms with Crippen molar-refractivity contribution in [2.75, 3.05) is 6.54 Å². The number of carbonyl (C=O) groups is 1. The standard InChI is InChI=1S/C18H24N2O/c21-17(19-16-8-4-5-9-16)18-10-15(11-18)13-20(18)12-14-6-2-1-3-7-14/h1-3,6-7,15-16H,4-5,8-13H2,(H,19,21). The van der Waals surface area contributed by atoms with Crippen LogP contribution >= 0.6 is 0 Å². The van der Waals surface area contributed by atoms with E-state index < -0.39 is 0 Å². The SMILES string of the molecule is O=C(NC1CCCC1)C12CC(CN1Cc1ccccc1)C2. The van der Waals surface area contributed by atoms with E-state index in [1.54, 1.807) is 0 Å². The fourth-order valence-electron chi connectivity index (χ4n) is 4.51. The number of rotatable bonds is 4. The Morgan fingerprint density at radius 1 is 1.19 bits per heavy atom. The van der Waals surface area contributed by atoms with Crippen molar-refractivity contribution in [2.45, 2.75) is 56.7 Å². The van der Waals surface area contributed by atoms with Gasteiger partial charge in [-0.2, -0.15) is 0 Å². The highest BCUT2D eigenvalue weighted by atomic mass is 16.2. The summed E-state index contributed by atoms with van der Waals surface area (Å²) < 4.78 is 0. The first-order chi connectivity index (χ1) is 10.3. The first-order valence-corrected chi connectivity index (χ1v) is 8.36. The van der Waals surface area contributed by atoms with Crippen LogP contribution in [-0.2, 0) is 11.3 Å². The van der Waals surface area contributed by atoms with Gasteiger partial charge in [-0.1, -0.05) is 43.2 Å². The Hall–Kier alpha value is -1.35. The molecule has 3 nitrogen and oxygen atoms in total. The molecule has 1 amide bonds. The lowest BCUT2D eigenvalue weighted by Crippen LogP contribution is -2.58. The van der Waals surface area contributed by atoms with Gasteiger partial charge in [0.1, 0.15) is 5.54 Å². The Morgan fingerprint density at radius 3 is 2.62 bits per heavy atom. The van der Waals surface area contributed by atoms with Crippen molar-refractivity contribution in [3.63, 3.8) is 0 Å². The van der Waals surface area contributed by atoms with E-state index in [1.807, 2.05) is 0 Å². The van der Waals surface area contributed by atoms with Gasteiger partial charge in [-0.15, -0.1) is 0 Å². The Balaban J connectivity index is 1.46. The van der Waals surface area contributed by atoms with Crippen LogP contribution in [0.5, 0.6) is 0 Å². The second-order valence-corrected chi connectivity index (χ2v) is 7.13. The summed E-state index contributed by atoms with van der Waals surface area (Å²) in [5.41, 5.74) is 1.13. The zero-order valence-corrected chi connectivity index (χ0v) is 12.6. The van der Waals surface area contributed by atoms with Crippen molar-refractivity contribution in [3.05, 3.63) is 35.9 Å². The number of hydrogen-bond acceptors (Lipinski definition) is 2. The van der Waals surface area contributed by atoms with Crippen LogP contribution in [0.25, 0.3) is 0 Å². The van der Waals surface area contributed by atoms with Gasteiger partial charge in [-0.25, -0.2) is 0 Å². The van der Waals surface area contributed by atoms with Gasteiger partial charge >= 0.3 is 0 Å². The number of nitrogens with zero attached hydrogens (tertiary/aromatic N) is 1. The van der Waals surface area contributed by atoms with Crippen LogP contribution in [0.1, 0.15) is 44.1 Å². The number of benzene rings is 1. The number of nitrogens with one attached hydrogen (secondary N) is 1. The van der Waals surface area contributed by atoms with E-state index >= 15 is 0 Å². The number of carbonyl (C=O) groups excluding carboxylic acids is 1. The monoisotopic (exact) mass is 284 g/mol. The van der Waals surface area contributed by atoms with E-state index in [0.29, 0.717) is 11.9 Å². The number of amides is 1. The van der Waals surface area contributed by atoms with Crippen LogP contribution in [-0.4, -0.2) is 28.9 Å². The molecule has 2 bridgehead atoms. The highest BCUT2D eigenvalue weighted by molar-refractivity contribution is 5.88. The Bertz CT molecular complexity index is 515. The molecule has 3 heteroatoms. The Morgan fingerprint density at radius 2 is 1.90 bits per heavy atom. The van der Waals surface area contributed by atoms with Crippen molar-refractivity contribution >= 4 is 5.91 Å². The van der Waals surface area contributed by atoms with Gasteiger partial charge in [-0.3, -0.25) is 9.69 Å². The fraction of sp³-hybridized carbons (Fsp3) is 0.611. The quantitative estimate of drug-likeness (QED) is 0.922. The lowest BCUT2D eigenvalue weighted by Gasteiger charge is -2.41. The minimum atomic E-state index is -0.191. The van der Waals surface area contributed by atoms with E-state index in [4.69, 9.17) is 0 Å². The second-order valence-electron chi connectivity index (χ2n) is 7.13. The van der Waals surface area contributed by atoms with Gasteiger partial charge in [0.15, 0.2) is 0 Å². The van der Waals surface area contributed by atoms with Gasteiger partial charge in [-0.05, 0) is 37.2 Å². The van der Waals surface area contributed by atoms with Gasteiger partial charge < -0.3 is 5.32 Å². The highest BCUT2D eigenvalue weighted by Crippen LogP contribution is 2.51. The molecular formula is C18H24N2O. The predicted molar refractivity (Wildman–Crippen MR) is 82.7 cm³/mol. The maximum atomic E-state index is 12.8. The third-order valence-corrected chi connectivity index (χ3v) is 5.67. The Labute approximate surface area is 126 Å². The van der Waals surface area contributed by atoms with E-state index in [0.717, 1.165) is 31.8 Å². The van der Waals surface area contributed by atoms with Crippen LogP contribution in [0.4, 0.5) is 0 Å². The molecule has 2 saturated carbocycles. The molecule has 1 N–H and O–H groups in total. The zero-order valence-electron chi connectivity index (χ0n) is 12.6. The second kappa shape index (κ2) is 5.13. The number of fused-ring (bicyclic) bond motifs is 1. The fourth-order valence-corrected chi connectivity index (χ4v) is 4.51. The third-order valence-electron chi connectivity index (χ3n) is 5.67. The molecule has 2 saturated heterocycles. The molecule has 5 rings (SSSR count). The molecule has 0 radical (unpaired) electrons. The molecule has 21 heavy (non-hydrogen) atoms. The van der Waals surface area contributed by atoms with Gasteiger partial charge in [0, 0.05) is 19.1 Å². The highest BCUT2D eigenvalue weighted by Gasteiger charge is 2.60. The molecule has 2 heterocycles. The predicted octanol–water partition coefficient (Wildman–Crippen LogP) is 2.71. The van der Waals surface area contributed by atoms with E-state index in [1.165, 1.54) is 31.2 Å². The molecule has 112 valence electrons. The molecule has 2 aliphatic carbocycles. The van der Waals surface area contributed by atoms with Crippen molar-refractivity contribution < 1.29 is 4.79 Å². The van der Waals surface area contributed by atoms with Gasteiger partial charge in [0.25, 0.3) is 0 Å². The summed E-state index contributed by atoms with van der Waals surface area (Å²) >= 11 is 0. The molecule has 0 spiro atoms. The van der Waals surface area contributed by atoms with Crippen molar-refractivity contribution in [1.82, 2.24) is 10.2 Å². The van der Waals surface area contributed by atoms with E-state index in [9.17, 15) is 4.79 Å². The van der Waals surface area contributed by atoms with Crippen LogP contribution in [0, 0.1) is 5.92 Å². The Kier molecular flexibility index (Phi) is 3.26.